The van der Waals surface area contributed by atoms with Crippen LogP contribution in [0.5, 0.6) is 0 Å². The molecule has 4 heterocycles. The SMILES string of the molecule is Cc1ccc(-n2c(C)c[n+]3c2N=C2C3C(=O)N(CCN3CCOCC3)C(=O)N2C)cc1C. The minimum absolute atomic E-state index is 0.221. The molecule has 3 amide bonds. The van der Waals surface area contributed by atoms with Gasteiger partial charge in [0.1, 0.15) is 17.6 Å². The number of urea groups is 1. The zero-order valence-corrected chi connectivity index (χ0v) is 19.0. The highest BCUT2D eigenvalue weighted by Gasteiger charge is 2.53. The predicted molar refractivity (Wildman–Crippen MR) is 118 cm³/mol. The van der Waals surface area contributed by atoms with E-state index in [1.54, 1.807) is 7.05 Å². The molecule has 0 radical (unpaired) electrons. The summed E-state index contributed by atoms with van der Waals surface area (Å²) in [6, 6.07) is 5.33. The van der Waals surface area contributed by atoms with E-state index in [1.165, 1.54) is 20.9 Å². The molecule has 9 nitrogen and oxygen atoms in total. The van der Waals surface area contributed by atoms with E-state index in [9.17, 15) is 9.59 Å². The molecule has 1 atom stereocenters. The first-order valence-electron chi connectivity index (χ1n) is 11.1. The third-order valence-corrected chi connectivity index (χ3v) is 6.70. The number of aryl methyl sites for hydroxylation is 3. The molecular weight excluding hydrogens is 408 g/mol. The third kappa shape index (κ3) is 3.23. The van der Waals surface area contributed by atoms with Crippen LogP contribution in [-0.2, 0) is 9.53 Å². The Morgan fingerprint density at radius 2 is 1.84 bits per heavy atom. The molecule has 32 heavy (non-hydrogen) atoms. The van der Waals surface area contributed by atoms with E-state index in [-0.39, 0.29) is 11.9 Å². The molecule has 1 unspecified atom stereocenters. The number of fused-ring (bicyclic) bond motifs is 3. The molecule has 3 aliphatic rings. The summed E-state index contributed by atoms with van der Waals surface area (Å²) in [7, 11) is 1.70. The smallest absolute Gasteiger partial charge is 0.379 e. The number of rotatable bonds is 4. The fourth-order valence-electron chi connectivity index (χ4n) is 4.64. The molecule has 2 aromatic rings. The van der Waals surface area contributed by atoms with Gasteiger partial charge in [0.15, 0.2) is 0 Å². The summed E-state index contributed by atoms with van der Waals surface area (Å²) >= 11 is 0. The Morgan fingerprint density at radius 1 is 1.09 bits per heavy atom. The Morgan fingerprint density at radius 3 is 2.56 bits per heavy atom. The zero-order chi connectivity index (χ0) is 22.6. The average Bonchev–Trinajstić information content (AvgIpc) is 3.29. The second kappa shape index (κ2) is 7.83. The number of amides is 3. The first-order valence-corrected chi connectivity index (χ1v) is 11.1. The summed E-state index contributed by atoms with van der Waals surface area (Å²) in [4.78, 5) is 36.4. The van der Waals surface area contributed by atoms with Crippen molar-refractivity contribution in [3.05, 3.63) is 41.2 Å². The first kappa shape index (κ1) is 20.8. The van der Waals surface area contributed by atoms with Crippen LogP contribution in [0.3, 0.4) is 0 Å². The standard InChI is InChI=1S/C23H29N6O3/c1-15-5-6-18(13-16(15)2)29-17(3)14-28-19-20(24-22(28)29)25(4)23(31)27(21(19)30)8-7-26-9-11-32-12-10-26/h5-6,13-14,19H,7-12H2,1-4H3/q+1. The van der Waals surface area contributed by atoms with Crippen molar-refractivity contribution in [1.29, 1.82) is 0 Å². The molecule has 5 rings (SSSR count). The maximum atomic E-state index is 13.5. The number of imidazole rings is 1. The number of likely N-dealkylation sites (N-methyl/N-ethyl adjacent to an activating group) is 1. The normalized spacial score (nSPS) is 21.1. The second-order valence-electron chi connectivity index (χ2n) is 8.74. The topological polar surface area (TPSA) is 74.3 Å². The van der Waals surface area contributed by atoms with E-state index in [0.717, 1.165) is 24.5 Å². The molecule has 0 spiro atoms. The van der Waals surface area contributed by atoms with E-state index < -0.39 is 6.04 Å². The van der Waals surface area contributed by atoms with E-state index in [1.807, 2.05) is 22.3 Å². The van der Waals surface area contributed by atoms with Gasteiger partial charge < -0.3 is 4.74 Å². The summed E-state index contributed by atoms with van der Waals surface area (Å²) < 4.78 is 9.33. The van der Waals surface area contributed by atoms with Gasteiger partial charge in [0, 0.05) is 33.2 Å². The molecule has 2 saturated heterocycles. The minimum atomic E-state index is -0.621. The van der Waals surface area contributed by atoms with Crippen LogP contribution >= 0.6 is 0 Å². The number of hydrogen-bond acceptors (Lipinski definition) is 5. The third-order valence-electron chi connectivity index (χ3n) is 6.70. The summed E-state index contributed by atoms with van der Waals surface area (Å²) in [6.45, 7) is 10.2. The minimum Gasteiger partial charge on any atom is -0.379 e. The molecular formula is C23H29N6O3+. The first-order chi connectivity index (χ1) is 15.4. The zero-order valence-electron chi connectivity index (χ0n) is 19.0. The fourth-order valence-corrected chi connectivity index (χ4v) is 4.64. The number of aromatic nitrogens is 2. The van der Waals surface area contributed by atoms with Gasteiger partial charge >= 0.3 is 12.0 Å². The Labute approximate surface area is 187 Å². The van der Waals surface area contributed by atoms with E-state index in [2.05, 4.69) is 36.9 Å². The largest absolute Gasteiger partial charge is 0.406 e. The van der Waals surface area contributed by atoms with Crippen molar-refractivity contribution in [3.63, 3.8) is 0 Å². The Hall–Kier alpha value is -3.04. The van der Waals surface area contributed by atoms with Gasteiger partial charge in [-0.05, 0) is 44.0 Å². The highest BCUT2D eigenvalue weighted by molar-refractivity contribution is 6.19. The van der Waals surface area contributed by atoms with Gasteiger partial charge in [-0.1, -0.05) is 11.1 Å². The van der Waals surface area contributed by atoms with Gasteiger partial charge in [0.25, 0.3) is 5.91 Å². The fraction of sp³-hybridized carbons (Fsp3) is 0.478. The summed E-state index contributed by atoms with van der Waals surface area (Å²) in [5, 5.41) is 0. The van der Waals surface area contributed by atoms with Crippen LogP contribution in [0.15, 0.2) is 29.4 Å². The number of amidine groups is 1. The number of carbonyl (C=O) groups excluding carboxylic acids is 2. The number of ether oxygens (including phenoxy) is 1. The molecule has 0 bridgehead atoms. The van der Waals surface area contributed by atoms with E-state index in [0.29, 0.717) is 38.1 Å². The van der Waals surface area contributed by atoms with Crippen LogP contribution in [0.2, 0.25) is 0 Å². The van der Waals surface area contributed by atoms with Crippen LogP contribution in [0.4, 0.5) is 10.7 Å². The monoisotopic (exact) mass is 437 g/mol. The molecule has 9 heteroatoms. The Balaban J connectivity index is 1.47. The van der Waals surface area contributed by atoms with Crippen molar-refractivity contribution in [1.82, 2.24) is 19.3 Å². The lowest BCUT2D eigenvalue weighted by atomic mass is 10.1. The van der Waals surface area contributed by atoms with Gasteiger partial charge in [-0.25, -0.2) is 9.36 Å². The van der Waals surface area contributed by atoms with Crippen LogP contribution < -0.4 is 4.57 Å². The van der Waals surface area contributed by atoms with Crippen LogP contribution in [-0.4, -0.2) is 83.5 Å². The highest BCUT2D eigenvalue weighted by atomic mass is 16.5. The number of carbonyl (C=O) groups is 2. The lowest BCUT2D eigenvalue weighted by Gasteiger charge is -2.35. The average molecular weight is 438 g/mol. The second-order valence-corrected chi connectivity index (χ2v) is 8.74. The maximum absolute atomic E-state index is 13.5. The number of imide groups is 1. The van der Waals surface area contributed by atoms with Crippen molar-refractivity contribution < 1.29 is 18.9 Å². The number of nitrogens with zero attached hydrogens (tertiary/aromatic N) is 6. The van der Waals surface area contributed by atoms with E-state index >= 15 is 0 Å². The summed E-state index contributed by atoms with van der Waals surface area (Å²) in [6.07, 6.45) is 1.95. The summed E-state index contributed by atoms with van der Waals surface area (Å²) in [5.41, 5.74) is 4.39. The Kier molecular flexibility index (Phi) is 5.10. The number of morpholine rings is 1. The molecule has 1 aromatic carbocycles. The highest BCUT2D eigenvalue weighted by Crippen LogP contribution is 2.31. The lowest BCUT2D eigenvalue weighted by molar-refractivity contribution is -0.676. The quantitative estimate of drug-likeness (QED) is 0.680. The molecule has 0 aliphatic carbocycles. The van der Waals surface area contributed by atoms with Crippen LogP contribution in [0.1, 0.15) is 22.9 Å². The van der Waals surface area contributed by atoms with Gasteiger partial charge in [0.2, 0.25) is 11.9 Å². The van der Waals surface area contributed by atoms with Crippen molar-refractivity contribution in [2.75, 3.05) is 46.4 Å². The molecule has 168 valence electrons. The van der Waals surface area contributed by atoms with Gasteiger partial charge in [-0.2, -0.15) is 4.57 Å². The molecule has 0 N–H and O–H groups in total. The van der Waals surface area contributed by atoms with Crippen LogP contribution in [0, 0.1) is 20.8 Å². The summed E-state index contributed by atoms with van der Waals surface area (Å²) in [5.74, 6) is 0.921. The lowest BCUT2D eigenvalue weighted by Crippen LogP contribution is -2.63. The number of aliphatic imine (C=N–C) groups is 1. The van der Waals surface area contributed by atoms with Crippen molar-refractivity contribution >= 4 is 23.7 Å². The van der Waals surface area contributed by atoms with Crippen molar-refractivity contribution in [2.45, 2.75) is 26.8 Å². The molecule has 2 fully saturated rings. The number of hydrogen-bond donors (Lipinski definition) is 0. The van der Waals surface area contributed by atoms with Crippen molar-refractivity contribution in [3.8, 4) is 5.69 Å². The van der Waals surface area contributed by atoms with E-state index in [4.69, 9.17) is 9.73 Å². The Bertz CT molecular complexity index is 1130. The van der Waals surface area contributed by atoms with Crippen LogP contribution in [0.25, 0.3) is 5.69 Å². The molecule has 0 saturated carbocycles. The molecule has 3 aliphatic heterocycles. The molecule has 1 aromatic heterocycles. The van der Waals surface area contributed by atoms with Gasteiger partial charge in [-0.15, -0.1) is 0 Å². The predicted octanol–water partition coefficient (Wildman–Crippen LogP) is 1.50. The maximum Gasteiger partial charge on any atom is 0.406 e. The van der Waals surface area contributed by atoms with Gasteiger partial charge in [-0.3, -0.25) is 19.5 Å². The number of benzene rings is 1. The van der Waals surface area contributed by atoms with Gasteiger partial charge in [0.05, 0.1) is 13.2 Å². The van der Waals surface area contributed by atoms with Crippen molar-refractivity contribution in [2.24, 2.45) is 4.99 Å².